The Labute approximate surface area is 93.0 Å². The van der Waals surface area contributed by atoms with Crippen LogP contribution in [0.15, 0.2) is 23.1 Å². The van der Waals surface area contributed by atoms with Crippen LogP contribution in [0.3, 0.4) is 0 Å². The Morgan fingerprint density at radius 2 is 2.07 bits per heavy atom. The first-order chi connectivity index (χ1) is 6.92. The maximum atomic E-state index is 11.7. The SMILES string of the molecule is C[C@H]1CS(=O)(=O)c2ccc(Cl)cc2C1=O. The Morgan fingerprint density at radius 3 is 2.73 bits per heavy atom. The summed E-state index contributed by atoms with van der Waals surface area (Å²) in [6, 6.07) is 4.31. The van der Waals surface area contributed by atoms with Gasteiger partial charge >= 0.3 is 0 Å². The number of rotatable bonds is 0. The predicted octanol–water partition coefficient (Wildman–Crippen LogP) is 1.95. The number of carbonyl (C=O) groups is 1. The van der Waals surface area contributed by atoms with E-state index in [0.29, 0.717) is 5.02 Å². The van der Waals surface area contributed by atoms with Crippen LogP contribution in [-0.4, -0.2) is 20.0 Å². The second-order valence-corrected chi connectivity index (χ2v) is 6.13. The molecule has 1 atom stereocenters. The molecule has 3 nitrogen and oxygen atoms in total. The molecule has 1 heterocycles. The van der Waals surface area contributed by atoms with Crippen LogP contribution in [0.4, 0.5) is 0 Å². The van der Waals surface area contributed by atoms with Gasteiger partial charge in [-0.15, -0.1) is 0 Å². The maximum Gasteiger partial charge on any atom is 0.179 e. The molecular formula is C10H9ClO3S. The van der Waals surface area contributed by atoms with E-state index in [9.17, 15) is 13.2 Å². The van der Waals surface area contributed by atoms with Crippen LogP contribution in [0.2, 0.25) is 5.02 Å². The van der Waals surface area contributed by atoms with Crippen LogP contribution >= 0.6 is 11.6 Å². The first kappa shape index (κ1) is 10.6. The first-order valence-electron chi connectivity index (χ1n) is 4.48. The number of halogens is 1. The molecule has 15 heavy (non-hydrogen) atoms. The average molecular weight is 245 g/mol. The Hall–Kier alpha value is -0.870. The Kier molecular flexibility index (Phi) is 2.35. The van der Waals surface area contributed by atoms with Crippen molar-refractivity contribution in [2.24, 2.45) is 5.92 Å². The minimum absolute atomic E-state index is 0.106. The van der Waals surface area contributed by atoms with Crippen molar-refractivity contribution < 1.29 is 13.2 Å². The molecule has 0 fully saturated rings. The predicted molar refractivity (Wildman–Crippen MR) is 57.0 cm³/mol. The topological polar surface area (TPSA) is 51.2 Å². The van der Waals surface area contributed by atoms with Gasteiger partial charge in [0, 0.05) is 16.5 Å². The smallest absolute Gasteiger partial charge is 0.179 e. The number of hydrogen-bond donors (Lipinski definition) is 0. The van der Waals surface area contributed by atoms with Crippen LogP contribution in [0, 0.1) is 5.92 Å². The van der Waals surface area contributed by atoms with Gasteiger partial charge in [0.1, 0.15) is 0 Å². The fraction of sp³-hybridized carbons (Fsp3) is 0.300. The molecule has 1 aromatic carbocycles. The molecule has 0 N–H and O–H groups in total. The van der Waals surface area contributed by atoms with E-state index >= 15 is 0 Å². The van der Waals surface area contributed by atoms with E-state index in [1.165, 1.54) is 18.2 Å². The molecule has 2 rings (SSSR count). The zero-order valence-corrected chi connectivity index (χ0v) is 9.60. The zero-order chi connectivity index (χ0) is 11.2. The van der Waals surface area contributed by atoms with Crippen molar-refractivity contribution in [1.82, 2.24) is 0 Å². The van der Waals surface area contributed by atoms with Crippen molar-refractivity contribution in [2.75, 3.05) is 5.75 Å². The van der Waals surface area contributed by atoms with Gasteiger partial charge in [0.15, 0.2) is 15.6 Å². The van der Waals surface area contributed by atoms with Crippen LogP contribution in [0.1, 0.15) is 17.3 Å². The molecule has 5 heteroatoms. The summed E-state index contributed by atoms with van der Waals surface area (Å²) in [6.45, 7) is 1.61. The van der Waals surface area contributed by atoms with E-state index in [4.69, 9.17) is 11.6 Å². The van der Waals surface area contributed by atoms with Gasteiger partial charge in [-0.05, 0) is 18.2 Å². The molecule has 1 aliphatic heterocycles. The lowest BCUT2D eigenvalue weighted by molar-refractivity contribution is 0.0933. The second kappa shape index (κ2) is 3.32. The van der Waals surface area contributed by atoms with Crippen molar-refractivity contribution in [2.45, 2.75) is 11.8 Å². The summed E-state index contributed by atoms with van der Waals surface area (Å²) in [5.74, 6) is -0.746. The van der Waals surface area contributed by atoms with Gasteiger partial charge in [-0.25, -0.2) is 8.42 Å². The van der Waals surface area contributed by atoms with Crippen molar-refractivity contribution >= 4 is 27.2 Å². The fourth-order valence-electron chi connectivity index (χ4n) is 1.73. The maximum absolute atomic E-state index is 11.7. The first-order valence-corrected chi connectivity index (χ1v) is 6.51. The zero-order valence-electron chi connectivity index (χ0n) is 8.03. The molecule has 1 aromatic rings. The van der Waals surface area contributed by atoms with Gasteiger partial charge in [0.2, 0.25) is 0 Å². The molecule has 0 amide bonds. The third-order valence-corrected chi connectivity index (χ3v) is 4.66. The van der Waals surface area contributed by atoms with Crippen molar-refractivity contribution in [3.05, 3.63) is 28.8 Å². The molecule has 0 radical (unpaired) electrons. The second-order valence-electron chi connectivity index (χ2n) is 3.69. The van der Waals surface area contributed by atoms with Crippen LogP contribution < -0.4 is 0 Å². The number of sulfone groups is 1. The Bertz CT molecular complexity index is 534. The quantitative estimate of drug-likeness (QED) is 0.701. The molecule has 0 bridgehead atoms. The number of Topliss-reactive ketones (excluding diaryl/α,β-unsaturated/α-hetero) is 1. The van der Waals surface area contributed by atoms with Gasteiger partial charge in [0.25, 0.3) is 0 Å². The normalized spacial score (nSPS) is 23.6. The van der Waals surface area contributed by atoms with Crippen LogP contribution in [0.25, 0.3) is 0 Å². The van der Waals surface area contributed by atoms with Gasteiger partial charge in [-0.1, -0.05) is 18.5 Å². The summed E-state index contributed by atoms with van der Waals surface area (Å²) in [5, 5.41) is 0.381. The molecule has 0 aromatic heterocycles. The third-order valence-electron chi connectivity index (χ3n) is 2.46. The highest BCUT2D eigenvalue weighted by Crippen LogP contribution is 2.29. The van der Waals surface area contributed by atoms with E-state index in [1.54, 1.807) is 6.92 Å². The number of carbonyl (C=O) groups excluding carboxylic acids is 1. The summed E-state index contributed by atoms with van der Waals surface area (Å²) in [7, 11) is -3.32. The van der Waals surface area contributed by atoms with Gasteiger partial charge in [-0.3, -0.25) is 4.79 Å². The summed E-state index contributed by atoms with van der Waals surface area (Å²) < 4.78 is 23.5. The highest BCUT2D eigenvalue weighted by atomic mass is 35.5. The molecule has 0 saturated heterocycles. The van der Waals surface area contributed by atoms with E-state index < -0.39 is 15.8 Å². The van der Waals surface area contributed by atoms with E-state index in [0.717, 1.165) is 0 Å². The number of hydrogen-bond acceptors (Lipinski definition) is 3. The van der Waals surface area contributed by atoms with Crippen LogP contribution in [-0.2, 0) is 9.84 Å². The largest absolute Gasteiger partial charge is 0.294 e. The van der Waals surface area contributed by atoms with Crippen molar-refractivity contribution in [1.29, 1.82) is 0 Å². The standard InChI is InChI=1S/C10H9ClO3S/c1-6-5-15(13,14)9-3-2-7(11)4-8(9)10(6)12/h2-4,6H,5H2,1H3/t6-/m0/s1. The van der Waals surface area contributed by atoms with Crippen molar-refractivity contribution in [3.8, 4) is 0 Å². The minimum atomic E-state index is -3.32. The lowest BCUT2D eigenvalue weighted by atomic mass is 10.0. The lowest BCUT2D eigenvalue weighted by Gasteiger charge is -2.20. The van der Waals surface area contributed by atoms with Gasteiger partial charge < -0.3 is 0 Å². The lowest BCUT2D eigenvalue weighted by Crippen LogP contribution is -2.29. The number of ketones is 1. The summed E-state index contributed by atoms with van der Waals surface area (Å²) in [6.07, 6.45) is 0. The highest BCUT2D eigenvalue weighted by Gasteiger charge is 2.34. The van der Waals surface area contributed by atoms with Gasteiger partial charge in [0.05, 0.1) is 10.6 Å². The van der Waals surface area contributed by atoms with E-state index in [1.807, 2.05) is 0 Å². The average Bonchev–Trinajstić information content (AvgIpc) is 2.13. The molecule has 0 saturated carbocycles. The monoisotopic (exact) mass is 244 g/mol. The molecule has 0 aliphatic carbocycles. The molecule has 0 unspecified atom stereocenters. The summed E-state index contributed by atoms with van der Waals surface area (Å²) in [5.41, 5.74) is 0.223. The third kappa shape index (κ3) is 1.68. The van der Waals surface area contributed by atoms with E-state index in [2.05, 4.69) is 0 Å². The van der Waals surface area contributed by atoms with Gasteiger partial charge in [-0.2, -0.15) is 0 Å². The molecule has 80 valence electrons. The van der Waals surface area contributed by atoms with Crippen LogP contribution in [0.5, 0.6) is 0 Å². The molecular weight excluding hydrogens is 236 g/mol. The number of fused-ring (bicyclic) bond motifs is 1. The highest BCUT2D eigenvalue weighted by molar-refractivity contribution is 7.91. The fourth-order valence-corrected chi connectivity index (χ4v) is 3.66. The Morgan fingerprint density at radius 1 is 1.40 bits per heavy atom. The minimum Gasteiger partial charge on any atom is -0.294 e. The molecule has 1 aliphatic rings. The summed E-state index contributed by atoms with van der Waals surface area (Å²) in [4.78, 5) is 11.8. The van der Waals surface area contributed by atoms with E-state index in [-0.39, 0.29) is 22.0 Å². The molecule has 0 spiro atoms. The van der Waals surface area contributed by atoms with Crippen molar-refractivity contribution in [3.63, 3.8) is 0 Å². The summed E-state index contributed by atoms with van der Waals surface area (Å²) >= 11 is 5.74. The number of benzene rings is 1. The Balaban J connectivity index is 2.75.